The second-order valence-electron chi connectivity index (χ2n) is 3.45. The second-order valence-corrected chi connectivity index (χ2v) is 4.34. The standard InChI is InChI=1S/C12H14N2O3S/c1-3-17-8-18-12-13-10-7-5-4-6-9(10)11(15)14(12)16-2/h4-7H,3,8H2,1-2H3. The Hall–Kier alpha value is -1.53. The molecule has 0 bridgehead atoms. The van der Waals surface area contributed by atoms with Crippen LogP contribution in [-0.4, -0.2) is 29.4 Å². The number of ether oxygens (including phenoxy) is 1. The molecule has 2 rings (SSSR count). The van der Waals surface area contributed by atoms with E-state index in [1.54, 1.807) is 12.1 Å². The maximum atomic E-state index is 12.2. The molecule has 2 aromatic rings. The zero-order chi connectivity index (χ0) is 13.0. The van der Waals surface area contributed by atoms with Crippen molar-refractivity contribution in [3.05, 3.63) is 34.6 Å². The molecule has 96 valence electrons. The lowest BCUT2D eigenvalue weighted by Crippen LogP contribution is -2.27. The van der Waals surface area contributed by atoms with E-state index in [0.29, 0.717) is 28.6 Å². The molecular formula is C12H14N2O3S. The summed E-state index contributed by atoms with van der Waals surface area (Å²) in [6.07, 6.45) is 0. The van der Waals surface area contributed by atoms with Gasteiger partial charge >= 0.3 is 0 Å². The molecule has 1 heterocycles. The summed E-state index contributed by atoms with van der Waals surface area (Å²) in [4.78, 5) is 21.6. The molecule has 0 spiro atoms. The Labute approximate surface area is 109 Å². The first-order chi connectivity index (χ1) is 8.77. The molecule has 0 saturated heterocycles. The lowest BCUT2D eigenvalue weighted by molar-refractivity contribution is 0.130. The predicted octanol–water partition coefficient (Wildman–Crippen LogP) is 1.54. The number of benzene rings is 1. The van der Waals surface area contributed by atoms with Gasteiger partial charge in [0.2, 0.25) is 5.16 Å². The van der Waals surface area contributed by atoms with E-state index >= 15 is 0 Å². The van der Waals surface area contributed by atoms with Crippen LogP contribution in [0.3, 0.4) is 0 Å². The lowest BCUT2D eigenvalue weighted by atomic mass is 10.2. The van der Waals surface area contributed by atoms with E-state index in [1.807, 2.05) is 19.1 Å². The SMILES string of the molecule is CCOCSc1nc2ccccc2c(=O)n1OC. The summed E-state index contributed by atoms with van der Waals surface area (Å²) in [5.74, 6) is 0.435. The first-order valence-corrected chi connectivity index (χ1v) is 6.53. The first kappa shape index (κ1) is 12.9. The van der Waals surface area contributed by atoms with E-state index in [0.717, 1.165) is 0 Å². The zero-order valence-electron chi connectivity index (χ0n) is 10.3. The monoisotopic (exact) mass is 266 g/mol. The molecular weight excluding hydrogens is 252 g/mol. The van der Waals surface area contributed by atoms with Crippen molar-refractivity contribution < 1.29 is 9.57 Å². The van der Waals surface area contributed by atoms with Crippen LogP contribution in [0, 0.1) is 0 Å². The molecule has 0 atom stereocenters. The van der Waals surface area contributed by atoms with Gasteiger partial charge in [0.1, 0.15) is 7.11 Å². The minimum atomic E-state index is -0.206. The maximum absolute atomic E-state index is 12.2. The number of rotatable bonds is 5. The van der Waals surface area contributed by atoms with Gasteiger partial charge in [0, 0.05) is 6.61 Å². The van der Waals surface area contributed by atoms with Gasteiger partial charge in [-0.3, -0.25) is 4.79 Å². The van der Waals surface area contributed by atoms with Crippen LogP contribution in [-0.2, 0) is 4.74 Å². The van der Waals surface area contributed by atoms with Gasteiger partial charge in [-0.05, 0) is 19.1 Å². The van der Waals surface area contributed by atoms with Gasteiger partial charge in [0.15, 0.2) is 0 Å². The van der Waals surface area contributed by atoms with Crippen molar-refractivity contribution in [3.8, 4) is 0 Å². The molecule has 6 heteroatoms. The Bertz CT molecular complexity index is 597. The van der Waals surface area contributed by atoms with Crippen LogP contribution in [0.1, 0.15) is 6.92 Å². The fourth-order valence-corrected chi connectivity index (χ4v) is 2.32. The van der Waals surface area contributed by atoms with Crippen molar-refractivity contribution in [2.75, 3.05) is 19.7 Å². The van der Waals surface area contributed by atoms with Crippen LogP contribution in [0.25, 0.3) is 10.9 Å². The van der Waals surface area contributed by atoms with Crippen LogP contribution >= 0.6 is 11.8 Å². The highest BCUT2D eigenvalue weighted by molar-refractivity contribution is 7.99. The van der Waals surface area contributed by atoms with Gasteiger partial charge in [-0.25, -0.2) is 4.98 Å². The molecule has 0 fully saturated rings. The highest BCUT2D eigenvalue weighted by Gasteiger charge is 2.11. The van der Waals surface area contributed by atoms with Gasteiger partial charge < -0.3 is 9.57 Å². The summed E-state index contributed by atoms with van der Waals surface area (Å²) in [5.41, 5.74) is 0.455. The number of aromatic nitrogens is 2. The van der Waals surface area contributed by atoms with E-state index in [1.165, 1.54) is 23.6 Å². The lowest BCUT2D eigenvalue weighted by Gasteiger charge is -2.10. The van der Waals surface area contributed by atoms with Gasteiger partial charge in [0.25, 0.3) is 5.56 Å². The largest absolute Gasteiger partial charge is 0.411 e. The van der Waals surface area contributed by atoms with Crippen LogP contribution in [0.15, 0.2) is 34.2 Å². The van der Waals surface area contributed by atoms with Crippen molar-refractivity contribution in [2.45, 2.75) is 12.1 Å². The van der Waals surface area contributed by atoms with E-state index in [2.05, 4.69) is 4.98 Å². The molecule has 0 aliphatic heterocycles. The first-order valence-electron chi connectivity index (χ1n) is 5.54. The summed E-state index contributed by atoms with van der Waals surface area (Å²) in [6.45, 7) is 2.54. The molecule has 0 N–H and O–H groups in total. The number of hydrogen-bond donors (Lipinski definition) is 0. The summed E-state index contributed by atoms with van der Waals surface area (Å²) >= 11 is 1.33. The highest BCUT2D eigenvalue weighted by atomic mass is 32.2. The Balaban J connectivity index is 2.48. The summed E-state index contributed by atoms with van der Waals surface area (Å²) in [7, 11) is 1.45. The Morgan fingerprint density at radius 1 is 1.39 bits per heavy atom. The van der Waals surface area contributed by atoms with Crippen LogP contribution in [0.2, 0.25) is 0 Å². The molecule has 1 aromatic heterocycles. The average molecular weight is 266 g/mol. The molecule has 5 nitrogen and oxygen atoms in total. The molecule has 18 heavy (non-hydrogen) atoms. The minimum absolute atomic E-state index is 0.206. The minimum Gasteiger partial charge on any atom is -0.411 e. The maximum Gasteiger partial charge on any atom is 0.295 e. The third-order valence-corrected chi connectivity index (χ3v) is 3.17. The number of fused-ring (bicyclic) bond motifs is 1. The fourth-order valence-electron chi connectivity index (χ4n) is 1.53. The second kappa shape index (κ2) is 5.88. The topological polar surface area (TPSA) is 53.3 Å². The van der Waals surface area contributed by atoms with Crippen molar-refractivity contribution >= 4 is 22.7 Å². The van der Waals surface area contributed by atoms with E-state index in [9.17, 15) is 4.79 Å². The molecule has 0 saturated carbocycles. The van der Waals surface area contributed by atoms with E-state index in [4.69, 9.17) is 9.57 Å². The molecule has 0 radical (unpaired) electrons. The van der Waals surface area contributed by atoms with Gasteiger partial charge in [-0.2, -0.15) is 0 Å². The summed E-state index contributed by atoms with van der Waals surface area (Å²) in [5, 5.41) is 1.04. The number of para-hydroxylation sites is 1. The number of thioether (sulfide) groups is 1. The number of nitrogens with zero attached hydrogens (tertiary/aromatic N) is 2. The summed E-state index contributed by atoms with van der Waals surface area (Å²) < 4.78 is 6.43. The molecule has 0 amide bonds. The molecule has 0 aliphatic rings. The Morgan fingerprint density at radius 2 is 2.17 bits per heavy atom. The van der Waals surface area contributed by atoms with E-state index in [-0.39, 0.29) is 5.56 Å². The molecule has 0 unspecified atom stereocenters. The van der Waals surface area contributed by atoms with Crippen LogP contribution in [0.4, 0.5) is 0 Å². The van der Waals surface area contributed by atoms with E-state index < -0.39 is 0 Å². The van der Waals surface area contributed by atoms with Gasteiger partial charge in [-0.1, -0.05) is 23.9 Å². The predicted molar refractivity (Wildman–Crippen MR) is 70.9 cm³/mol. The summed E-state index contributed by atoms with van der Waals surface area (Å²) in [6, 6.07) is 7.19. The Kier molecular flexibility index (Phi) is 4.22. The Morgan fingerprint density at radius 3 is 2.89 bits per heavy atom. The van der Waals surface area contributed by atoms with Crippen molar-refractivity contribution in [1.29, 1.82) is 0 Å². The quantitative estimate of drug-likeness (QED) is 0.355. The van der Waals surface area contributed by atoms with Gasteiger partial charge in [-0.15, -0.1) is 4.73 Å². The van der Waals surface area contributed by atoms with Crippen molar-refractivity contribution in [2.24, 2.45) is 0 Å². The van der Waals surface area contributed by atoms with Gasteiger partial charge in [0.05, 0.1) is 16.8 Å². The smallest absolute Gasteiger partial charge is 0.295 e. The highest BCUT2D eigenvalue weighted by Crippen LogP contribution is 2.16. The molecule has 0 aliphatic carbocycles. The fraction of sp³-hybridized carbons (Fsp3) is 0.333. The number of hydrogen-bond acceptors (Lipinski definition) is 5. The normalized spacial score (nSPS) is 10.8. The van der Waals surface area contributed by atoms with Crippen molar-refractivity contribution in [1.82, 2.24) is 9.71 Å². The molecule has 1 aromatic carbocycles. The van der Waals surface area contributed by atoms with Crippen LogP contribution < -0.4 is 10.4 Å². The third kappa shape index (κ3) is 2.49. The van der Waals surface area contributed by atoms with Crippen LogP contribution in [0.5, 0.6) is 0 Å². The van der Waals surface area contributed by atoms with Crippen molar-refractivity contribution in [3.63, 3.8) is 0 Å². The average Bonchev–Trinajstić information content (AvgIpc) is 2.39. The third-order valence-electron chi connectivity index (χ3n) is 2.37. The zero-order valence-corrected chi connectivity index (χ0v) is 11.1.